The summed E-state index contributed by atoms with van der Waals surface area (Å²) in [6.45, 7) is -0.0189. The van der Waals surface area contributed by atoms with Gasteiger partial charge in [-0.05, 0) is 24.3 Å². The third kappa shape index (κ3) is 3.67. The third-order valence-electron chi connectivity index (χ3n) is 3.24. The van der Waals surface area contributed by atoms with Gasteiger partial charge < -0.3 is 14.2 Å². The van der Waals surface area contributed by atoms with E-state index in [1.165, 1.54) is 24.3 Å². The van der Waals surface area contributed by atoms with Crippen molar-refractivity contribution in [2.24, 2.45) is 0 Å². The predicted molar refractivity (Wildman–Crippen MR) is 90.4 cm³/mol. The molecule has 9 heteroatoms. The fourth-order valence-corrected chi connectivity index (χ4v) is 2.43. The topological polar surface area (TPSA) is 87.9 Å². The molecule has 0 fully saturated rings. The monoisotopic (exact) mass is 381 g/mol. The maximum Gasteiger partial charge on any atom is 0.336 e. The molecule has 0 bridgehead atoms. The van der Waals surface area contributed by atoms with E-state index in [0.29, 0.717) is 5.75 Å². The van der Waals surface area contributed by atoms with E-state index in [0.717, 1.165) is 6.08 Å². The van der Waals surface area contributed by atoms with Crippen molar-refractivity contribution in [2.75, 3.05) is 6.79 Å². The number of halogens is 2. The van der Waals surface area contributed by atoms with Gasteiger partial charge in [0.1, 0.15) is 5.02 Å². The fourth-order valence-electron chi connectivity index (χ4n) is 2.10. The van der Waals surface area contributed by atoms with E-state index >= 15 is 0 Å². The van der Waals surface area contributed by atoms with E-state index in [1.807, 2.05) is 0 Å². The minimum absolute atomic E-state index is 0.0189. The summed E-state index contributed by atoms with van der Waals surface area (Å²) in [6, 6.07) is 7.25. The van der Waals surface area contributed by atoms with Gasteiger partial charge in [-0.1, -0.05) is 29.3 Å². The summed E-state index contributed by atoms with van der Waals surface area (Å²) >= 11 is 11.8. The van der Waals surface area contributed by atoms with Crippen LogP contribution in [0.15, 0.2) is 36.4 Å². The highest BCUT2D eigenvalue weighted by Crippen LogP contribution is 2.38. The number of nitro groups is 1. The van der Waals surface area contributed by atoms with E-state index in [-0.39, 0.29) is 39.6 Å². The van der Waals surface area contributed by atoms with Crippen LogP contribution in [0.2, 0.25) is 10.0 Å². The minimum atomic E-state index is -0.767. The summed E-state index contributed by atoms with van der Waals surface area (Å²) < 4.78 is 15.4. The van der Waals surface area contributed by atoms with Crippen LogP contribution in [0.3, 0.4) is 0 Å². The first-order valence-corrected chi connectivity index (χ1v) is 7.63. The molecule has 0 N–H and O–H groups in total. The Hall–Kier alpha value is -2.77. The molecule has 0 aliphatic carbocycles. The first-order chi connectivity index (χ1) is 12.0. The Morgan fingerprint density at radius 1 is 1.24 bits per heavy atom. The van der Waals surface area contributed by atoms with Crippen LogP contribution in [0.25, 0.3) is 6.08 Å². The second-order valence-corrected chi connectivity index (χ2v) is 5.61. The van der Waals surface area contributed by atoms with Gasteiger partial charge >= 0.3 is 5.97 Å². The molecule has 0 unspecified atom stereocenters. The van der Waals surface area contributed by atoms with Gasteiger partial charge in [-0.25, -0.2) is 4.79 Å². The van der Waals surface area contributed by atoms with Crippen LogP contribution in [0.1, 0.15) is 5.56 Å². The van der Waals surface area contributed by atoms with Crippen LogP contribution in [0, 0.1) is 10.1 Å². The number of hydrogen-bond acceptors (Lipinski definition) is 6. The number of hydrogen-bond donors (Lipinski definition) is 0. The van der Waals surface area contributed by atoms with E-state index < -0.39 is 10.9 Å². The van der Waals surface area contributed by atoms with Gasteiger partial charge in [0.15, 0.2) is 17.2 Å². The molecule has 0 amide bonds. The summed E-state index contributed by atoms with van der Waals surface area (Å²) in [5.74, 6) is -0.0474. The molecule has 25 heavy (non-hydrogen) atoms. The first kappa shape index (κ1) is 17.1. The number of ether oxygens (including phenoxy) is 3. The zero-order valence-electron chi connectivity index (χ0n) is 12.4. The smallest absolute Gasteiger partial charge is 0.336 e. The highest BCUT2D eigenvalue weighted by molar-refractivity contribution is 6.43. The van der Waals surface area contributed by atoms with E-state index in [1.54, 1.807) is 12.1 Å². The lowest BCUT2D eigenvalue weighted by molar-refractivity contribution is -0.385. The second kappa shape index (κ2) is 7.00. The molecule has 0 spiro atoms. The molecule has 0 aromatic heterocycles. The third-order valence-corrected chi connectivity index (χ3v) is 4.05. The number of carbonyl (C=O) groups is 1. The predicted octanol–water partition coefficient (Wildman–Crippen LogP) is 4.25. The summed E-state index contributed by atoms with van der Waals surface area (Å²) in [5, 5.41) is 11.5. The van der Waals surface area contributed by atoms with Crippen molar-refractivity contribution >= 4 is 40.9 Å². The Morgan fingerprint density at radius 2 is 1.96 bits per heavy atom. The van der Waals surface area contributed by atoms with Gasteiger partial charge in [0.05, 0.1) is 21.6 Å². The molecule has 0 radical (unpaired) electrons. The molecule has 1 aliphatic heterocycles. The standard InChI is InChI=1S/C16H9Cl2NO6/c17-10-2-1-3-12(16(10)18)25-15(20)5-4-9-6-13-14(24-8-23-13)7-11(9)19(21)22/h1-7H,8H2/b5-4+. The fraction of sp³-hybridized carbons (Fsp3) is 0.0625. The van der Waals surface area contributed by atoms with Crippen LogP contribution < -0.4 is 14.2 Å². The normalized spacial score (nSPS) is 12.4. The summed E-state index contributed by atoms with van der Waals surface area (Å²) in [5.41, 5.74) is -0.0579. The average molecular weight is 382 g/mol. The Labute approximate surface area is 151 Å². The largest absolute Gasteiger partial charge is 0.454 e. The number of fused-ring (bicyclic) bond motifs is 1. The Morgan fingerprint density at radius 3 is 2.68 bits per heavy atom. The van der Waals surface area contributed by atoms with Crippen molar-refractivity contribution in [2.45, 2.75) is 0 Å². The zero-order valence-corrected chi connectivity index (χ0v) is 13.9. The number of nitro benzene ring substituents is 1. The lowest BCUT2D eigenvalue weighted by Gasteiger charge is -2.05. The average Bonchev–Trinajstić information content (AvgIpc) is 3.03. The molecule has 128 valence electrons. The lowest BCUT2D eigenvalue weighted by Crippen LogP contribution is -2.04. The summed E-state index contributed by atoms with van der Waals surface area (Å²) in [7, 11) is 0. The molecule has 2 aromatic carbocycles. The number of esters is 1. The Kier molecular flexibility index (Phi) is 4.78. The van der Waals surface area contributed by atoms with Gasteiger partial charge in [-0.3, -0.25) is 10.1 Å². The minimum Gasteiger partial charge on any atom is -0.454 e. The Bertz CT molecular complexity index is 896. The van der Waals surface area contributed by atoms with Crippen LogP contribution in [0.4, 0.5) is 5.69 Å². The molecular formula is C16H9Cl2NO6. The summed E-state index contributed by atoms with van der Waals surface area (Å²) in [4.78, 5) is 22.5. The molecule has 3 rings (SSSR count). The molecule has 1 aliphatic rings. The van der Waals surface area contributed by atoms with Crippen LogP contribution in [-0.2, 0) is 4.79 Å². The number of carbonyl (C=O) groups excluding carboxylic acids is 1. The van der Waals surface area contributed by atoms with Gasteiger partial charge in [0, 0.05) is 6.08 Å². The van der Waals surface area contributed by atoms with Crippen molar-refractivity contribution in [3.8, 4) is 17.2 Å². The molecule has 0 atom stereocenters. The SMILES string of the molecule is O=C(/C=C/c1cc2c(cc1[N+](=O)[O-])OCO2)Oc1cccc(Cl)c1Cl. The van der Waals surface area contributed by atoms with E-state index in [4.69, 9.17) is 37.4 Å². The van der Waals surface area contributed by atoms with Crippen molar-refractivity contribution < 1.29 is 23.9 Å². The molecule has 7 nitrogen and oxygen atoms in total. The van der Waals surface area contributed by atoms with E-state index in [2.05, 4.69) is 0 Å². The van der Waals surface area contributed by atoms with Gasteiger partial charge in [-0.2, -0.15) is 0 Å². The highest BCUT2D eigenvalue weighted by atomic mass is 35.5. The number of nitrogens with zero attached hydrogens (tertiary/aromatic N) is 1. The lowest BCUT2D eigenvalue weighted by atomic mass is 10.1. The van der Waals surface area contributed by atoms with Crippen molar-refractivity contribution in [3.63, 3.8) is 0 Å². The van der Waals surface area contributed by atoms with Crippen LogP contribution in [0.5, 0.6) is 17.2 Å². The first-order valence-electron chi connectivity index (χ1n) is 6.87. The number of benzene rings is 2. The number of rotatable bonds is 4. The quantitative estimate of drug-likeness (QED) is 0.258. The van der Waals surface area contributed by atoms with Crippen LogP contribution >= 0.6 is 23.2 Å². The summed E-state index contributed by atoms with van der Waals surface area (Å²) in [6.07, 6.45) is 2.29. The Balaban J connectivity index is 1.83. The van der Waals surface area contributed by atoms with Crippen molar-refractivity contribution in [1.82, 2.24) is 0 Å². The molecule has 1 heterocycles. The molecule has 0 saturated heterocycles. The second-order valence-electron chi connectivity index (χ2n) is 4.83. The molecular weight excluding hydrogens is 373 g/mol. The maximum absolute atomic E-state index is 11.9. The van der Waals surface area contributed by atoms with Gasteiger partial charge in [-0.15, -0.1) is 0 Å². The zero-order chi connectivity index (χ0) is 18.0. The maximum atomic E-state index is 11.9. The van der Waals surface area contributed by atoms with Crippen molar-refractivity contribution in [3.05, 3.63) is 62.1 Å². The van der Waals surface area contributed by atoms with Crippen LogP contribution in [-0.4, -0.2) is 17.7 Å². The highest BCUT2D eigenvalue weighted by Gasteiger charge is 2.22. The van der Waals surface area contributed by atoms with E-state index in [9.17, 15) is 14.9 Å². The van der Waals surface area contributed by atoms with Gasteiger partial charge in [0.2, 0.25) is 6.79 Å². The van der Waals surface area contributed by atoms with Crippen molar-refractivity contribution in [1.29, 1.82) is 0 Å². The molecule has 2 aromatic rings. The van der Waals surface area contributed by atoms with Gasteiger partial charge in [0.25, 0.3) is 5.69 Å². The molecule has 0 saturated carbocycles.